The van der Waals surface area contributed by atoms with Gasteiger partial charge in [0.1, 0.15) is 12.4 Å². The van der Waals surface area contributed by atoms with Crippen molar-refractivity contribution in [1.82, 2.24) is 10.2 Å². The fourth-order valence-electron chi connectivity index (χ4n) is 3.76. The Hall–Kier alpha value is -1.53. The normalized spacial score (nSPS) is 16.9. The van der Waals surface area contributed by atoms with Crippen molar-refractivity contribution in [2.24, 2.45) is 0 Å². The number of nitrogens with zero attached hydrogens (tertiary/aromatic N) is 1. The zero-order valence-corrected chi connectivity index (χ0v) is 18.3. The van der Waals surface area contributed by atoms with E-state index >= 15 is 0 Å². The van der Waals surface area contributed by atoms with Crippen LogP contribution in [0.15, 0.2) is 30.3 Å². The molecule has 1 N–H and O–H groups in total. The quantitative estimate of drug-likeness (QED) is 0.573. The van der Waals surface area contributed by atoms with Crippen LogP contribution in [0, 0.1) is 5.82 Å². The Morgan fingerprint density at radius 2 is 2.07 bits per heavy atom. The van der Waals surface area contributed by atoms with Gasteiger partial charge in [0.25, 0.3) is 0 Å². The van der Waals surface area contributed by atoms with Crippen LogP contribution in [0.4, 0.5) is 4.39 Å². The van der Waals surface area contributed by atoms with Gasteiger partial charge < -0.3 is 14.8 Å². The molecule has 2 aromatic carbocycles. The summed E-state index contributed by atoms with van der Waals surface area (Å²) in [6.07, 6.45) is 2.49. The van der Waals surface area contributed by atoms with Gasteiger partial charge in [-0.05, 0) is 55.8 Å². The van der Waals surface area contributed by atoms with Crippen molar-refractivity contribution in [3.63, 3.8) is 0 Å². The molecule has 1 saturated heterocycles. The Morgan fingerprint density at radius 1 is 1.24 bits per heavy atom. The van der Waals surface area contributed by atoms with Crippen molar-refractivity contribution in [2.75, 3.05) is 26.7 Å². The fraction of sp³-hybridized carbons (Fsp3) is 0.455. The van der Waals surface area contributed by atoms with Crippen molar-refractivity contribution in [1.29, 1.82) is 0 Å². The largest absolute Gasteiger partial charge is 0.493 e. The van der Waals surface area contributed by atoms with Crippen LogP contribution >= 0.6 is 23.2 Å². The summed E-state index contributed by atoms with van der Waals surface area (Å²) in [4.78, 5) is 2.51. The molecule has 158 valence electrons. The Labute approximate surface area is 181 Å². The molecule has 0 amide bonds. The summed E-state index contributed by atoms with van der Waals surface area (Å²) < 4.78 is 25.2. The van der Waals surface area contributed by atoms with Crippen molar-refractivity contribution < 1.29 is 13.9 Å². The Bertz CT molecular complexity index is 814. The van der Waals surface area contributed by atoms with Crippen LogP contribution in [0.5, 0.6) is 11.5 Å². The molecule has 0 aliphatic carbocycles. The maximum Gasteiger partial charge on any atom is 0.180 e. The van der Waals surface area contributed by atoms with Crippen molar-refractivity contribution >= 4 is 23.2 Å². The third kappa shape index (κ3) is 5.54. The molecule has 1 heterocycles. The Kier molecular flexibility index (Phi) is 8.01. The predicted molar refractivity (Wildman–Crippen MR) is 116 cm³/mol. The average Bonchev–Trinajstić information content (AvgIpc) is 3.16. The minimum atomic E-state index is -0.415. The molecule has 0 bridgehead atoms. The lowest BCUT2D eigenvalue weighted by Gasteiger charge is -2.23. The highest BCUT2D eigenvalue weighted by molar-refractivity contribution is 6.32. The minimum Gasteiger partial charge on any atom is -0.493 e. The molecule has 4 nitrogen and oxygen atoms in total. The van der Waals surface area contributed by atoms with E-state index in [1.807, 2.05) is 12.1 Å². The average molecular weight is 441 g/mol. The van der Waals surface area contributed by atoms with Gasteiger partial charge in [-0.25, -0.2) is 4.39 Å². The number of likely N-dealkylation sites (tertiary alicyclic amines) is 1. The van der Waals surface area contributed by atoms with Gasteiger partial charge in [-0.2, -0.15) is 0 Å². The van der Waals surface area contributed by atoms with Crippen molar-refractivity contribution in [3.8, 4) is 11.5 Å². The summed E-state index contributed by atoms with van der Waals surface area (Å²) in [5, 5.41) is 4.25. The Balaban J connectivity index is 1.64. The summed E-state index contributed by atoms with van der Waals surface area (Å²) in [6, 6.07) is 8.86. The molecule has 0 spiro atoms. The van der Waals surface area contributed by atoms with Gasteiger partial charge in [-0.1, -0.05) is 36.2 Å². The number of benzene rings is 2. The van der Waals surface area contributed by atoms with Crippen LogP contribution in [0.25, 0.3) is 0 Å². The first-order chi connectivity index (χ1) is 14.0. The van der Waals surface area contributed by atoms with Gasteiger partial charge in [-0.3, -0.25) is 4.90 Å². The van der Waals surface area contributed by atoms with Gasteiger partial charge in [0.15, 0.2) is 11.5 Å². The van der Waals surface area contributed by atoms with E-state index in [0.717, 1.165) is 18.7 Å². The highest BCUT2D eigenvalue weighted by Crippen LogP contribution is 2.37. The zero-order valence-electron chi connectivity index (χ0n) is 16.8. The Morgan fingerprint density at radius 3 is 2.79 bits per heavy atom. The molecule has 1 atom stereocenters. The summed E-state index contributed by atoms with van der Waals surface area (Å²) in [5.74, 6) is 0.476. The lowest BCUT2D eigenvalue weighted by molar-refractivity contribution is 0.259. The fourth-order valence-corrected chi connectivity index (χ4v) is 4.26. The van der Waals surface area contributed by atoms with E-state index in [1.54, 1.807) is 19.2 Å². The topological polar surface area (TPSA) is 33.7 Å². The third-order valence-corrected chi connectivity index (χ3v) is 5.96. The van der Waals surface area contributed by atoms with Crippen LogP contribution in [0.1, 0.15) is 30.9 Å². The zero-order chi connectivity index (χ0) is 20.8. The number of halogens is 3. The van der Waals surface area contributed by atoms with Crippen LogP contribution in [0.3, 0.4) is 0 Å². The van der Waals surface area contributed by atoms with E-state index in [9.17, 15) is 4.39 Å². The molecular weight excluding hydrogens is 414 g/mol. The molecule has 0 unspecified atom stereocenters. The third-order valence-electron chi connectivity index (χ3n) is 5.33. The predicted octanol–water partition coefficient (Wildman–Crippen LogP) is 5.29. The molecule has 0 aromatic heterocycles. The molecule has 3 rings (SSSR count). The highest BCUT2D eigenvalue weighted by Gasteiger charge is 2.22. The SMILES string of the molecule is CCN1CCC[C@@H]1CNCc1cc(Cl)c(OCc2c(F)cccc2Cl)c(OC)c1. The molecular formula is C22H27Cl2FN2O2. The number of ether oxygens (including phenoxy) is 2. The van der Waals surface area contributed by atoms with Crippen LogP contribution in [0.2, 0.25) is 10.0 Å². The van der Waals surface area contributed by atoms with Crippen molar-refractivity contribution in [3.05, 3.63) is 57.3 Å². The van der Waals surface area contributed by atoms with Crippen LogP contribution in [-0.2, 0) is 13.2 Å². The maximum atomic E-state index is 14.0. The van der Waals surface area contributed by atoms with Gasteiger partial charge in [-0.15, -0.1) is 0 Å². The first-order valence-electron chi connectivity index (χ1n) is 9.90. The number of hydrogen-bond acceptors (Lipinski definition) is 4. The van der Waals surface area contributed by atoms with Gasteiger partial charge >= 0.3 is 0 Å². The number of likely N-dealkylation sites (N-methyl/N-ethyl adjacent to an activating group) is 1. The summed E-state index contributed by atoms with van der Waals surface area (Å²) >= 11 is 12.5. The monoisotopic (exact) mass is 440 g/mol. The van der Waals surface area contributed by atoms with Gasteiger partial charge in [0.2, 0.25) is 0 Å². The van der Waals surface area contributed by atoms with E-state index < -0.39 is 5.82 Å². The number of methoxy groups -OCH3 is 1. The van der Waals surface area contributed by atoms with E-state index in [4.69, 9.17) is 32.7 Å². The molecule has 1 aliphatic rings. The summed E-state index contributed by atoms with van der Waals surface area (Å²) in [7, 11) is 1.56. The van der Waals surface area contributed by atoms with Gasteiger partial charge in [0.05, 0.1) is 17.2 Å². The lowest BCUT2D eigenvalue weighted by Crippen LogP contribution is -2.37. The summed E-state index contributed by atoms with van der Waals surface area (Å²) in [5.41, 5.74) is 1.29. The van der Waals surface area contributed by atoms with Gasteiger partial charge in [0, 0.05) is 24.7 Å². The number of hydrogen-bond donors (Lipinski definition) is 1. The van der Waals surface area contributed by atoms with E-state index in [-0.39, 0.29) is 12.2 Å². The second kappa shape index (κ2) is 10.5. The first-order valence-corrected chi connectivity index (χ1v) is 10.7. The summed E-state index contributed by atoms with van der Waals surface area (Å²) in [6.45, 7) is 6.07. The molecule has 29 heavy (non-hydrogen) atoms. The van der Waals surface area contributed by atoms with E-state index in [2.05, 4.69) is 17.1 Å². The molecule has 0 radical (unpaired) electrons. The van der Waals surface area contributed by atoms with E-state index in [0.29, 0.717) is 34.1 Å². The highest BCUT2D eigenvalue weighted by atomic mass is 35.5. The van der Waals surface area contributed by atoms with Crippen LogP contribution in [-0.4, -0.2) is 37.7 Å². The van der Waals surface area contributed by atoms with Crippen LogP contribution < -0.4 is 14.8 Å². The lowest BCUT2D eigenvalue weighted by atomic mass is 10.1. The molecule has 2 aromatic rings. The molecule has 7 heteroatoms. The standard InChI is InChI=1S/C22H27Cl2FN2O2/c1-3-27-9-5-6-16(27)13-26-12-15-10-19(24)22(21(11-15)28-2)29-14-17-18(23)7-4-8-20(17)25/h4,7-8,10-11,16,26H,3,5-6,9,12-14H2,1-2H3/t16-/m1/s1. The maximum absolute atomic E-state index is 14.0. The van der Waals surface area contributed by atoms with Crippen molar-refractivity contribution in [2.45, 2.75) is 39.0 Å². The smallest absolute Gasteiger partial charge is 0.180 e. The molecule has 1 aliphatic heterocycles. The minimum absolute atomic E-state index is 0.0340. The second-order valence-corrected chi connectivity index (χ2v) is 7.97. The first kappa shape index (κ1) is 22.2. The molecule has 1 fully saturated rings. The second-order valence-electron chi connectivity index (χ2n) is 7.15. The molecule has 0 saturated carbocycles. The van der Waals surface area contributed by atoms with E-state index in [1.165, 1.54) is 25.5 Å². The number of nitrogens with one attached hydrogen (secondary N) is 1. The number of rotatable bonds is 9.